The van der Waals surface area contributed by atoms with Gasteiger partial charge in [0.2, 0.25) is 0 Å². The Kier molecular flexibility index (Phi) is 38.3. The summed E-state index contributed by atoms with van der Waals surface area (Å²) in [5, 5.41) is 0. The zero-order valence-electron chi connectivity index (χ0n) is 34.1. The van der Waals surface area contributed by atoms with Gasteiger partial charge in [-0.25, -0.2) is 4.57 Å². The van der Waals surface area contributed by atoms with Gasteiger partial charge in [-0.3, -0.25) is 18.6 Å². The van der Waals surface area contributed by atoms with Gasteiger partial charge in [-0.05, 0) is 96.3 Å². The minimum absolute atomic E-state index is 0.0367. The zero-order valence-corrected chi connectivity index (χ0v) is 35.0. The summed E-state index contributed by atoms with van der Waals surface area (Å²) in [4.78, 5) is 34.8. The minimum Gasteiger partial charge on any atom is -0.462 e. The summed E-state index contributed by atoms with van der Waals surface area (Å²) in [6.07, 6.45) is 51.5. The van der Waals surface area contributed by atoms with Crippen molar-refractivity contribution in [1.82, 2.24) is 0 Å². The van der Waals surface area contributed by atoms with E-state index in [2.05, 4.69) is 111 Å². The number of nitrogens with two attached hydrogens (primary N) is 1. The smallest absolute Gasteiger partial charge is 0.462 e. The Hall–Kier alpha value is -3.07. The zero-order chi connectivity index (χ0) is 40.3. The first-order valence-corrected chi connectivity index (χ1v) is 22.2. The summed E-state index contributed by atoms with van der Waals surface area (Å²) in [6.45, 7) is 3.47. The van der Waals surface area contributed by atoms with Gasteiger partial charge in [-0.1, -0.05) is 130 Å². The average molecular weight is 788 g/mol. The molecule has 0 saturated carbocycles. The van der Waals surface area contributed by atoms with E-state index in [1.54, 1.807) is 0 Å². The second-order valence-electron chi connectivity index (χ2n) is 13.1. The molecular weight excluding hydrogens is 713 g/mol. The van der Waals surface area contributed by atoms with Gasteiger partial charge in [-0.15, -0.1) is 0 Å². The first-order chi connectivity index (χ1) is 26.8. The first-order valence-electron chi connectivity index (χ1n) is 20.7. The maximum absolute atomic E-state index is 12.6. The molecule has 9 nitrogen and oxygen atoms in total. The molecule has 0 saturated heterocycles. The largest absolute Gasteiger partial charge is 0.472 e. The van der Waals surface area contributed by atoms with Crippen molar-refractivity contribution in [1.29, 1.82) is 0 Å². The highest BCUT2D eigenvalue weighted by Crippen LogP contribution is 2.43. The molecule has 0 rings (SSSR count). The molecule has 0 aromatic rings. The molecule has 10 heteroatoms. The van der Waals surface area contributed by atoms with Crippen molar-refractivity contribution < 1.29 is 37.6 Å². The Morgan fingerprint density at radius 3 is 1.49 bits per heavy atom. The second kappa shape index (κ2) is 40.6. The van der Waals surface area contributed by atoms with E-state index < -0.39 is 32.5 Å². The van der Waals surface area contributed by atoms with Crippen molar-refractivity contribution >= 4 is 19.8 Å². The summed E-state index contributed by atoms with van der Waals surface area (Å²) in [5.74, 6) is -0.923. The van der Waals surface area contributed by atoms with E-state index in [1.807, 2.05) is 0 Å². The lowest BCUT2D eigenvalue weighted by Crippen LogP contribution is -2.29. The number of unbranched alkanes of at least 4 members (excludes halogenated alkanes) is 8. The molecule has 0 aliphatic carbocycles. The third-order valence-corrected chi connectivity index (χ3v) is 8.94. The van der Waals surface area contributed by atoms with Crippen LogP contribution in [-0.2, 0) is 32.7 Å². The lowest BCUT2D eigenvalue weighted by atomic mass is 10.1. The molecule has 55 heavy (non-hydrogen) atoms. The number of carbonyl (C=O) groups excluding carboxylic acids is 2. The molecule has 2 atom stereocenters. The van der Waals surface area contributed by atoms with Gasteiger partial charge in [0.1, 0.15) is 6.61 Å². The molecule has 0 fully saturated rings. The predicted molar refractivity (Wildman–Crippen MR) is 228 cm³/mol. The molecule has 0 heterocycles. The highest BCUT2D eigenvalue weighted by atomic mass is 31.2. The Morgan fingerprint density at radius 2 is 1.00 bits per heavy atom. The number of phosphoric ester groups is 1. The normalized spacial score (nSPS) is 14.3. The third-order valence-electron chi connectivity index (χ3n) is 7.95. The minimum atomic E-state index is -4.40. The molecule has 0 aliphatic rings. The maximum Gasteiger partial charge on any atom is 0.472 e. The maximum atomic E-state index is 12.6. The number of carbonyl (C=O) groups is 2. The van der Waals surface area contributed by atoms with Crippen molar-refractivity contribution in [3.05, 3.63) is 97.2 Å². The lowest BCUT2D eigenvalue weighted by Gasteiger charge is -2.19. The van der Waals surface area contributed by atoms with Crippen LogP contribution in [0.3, 0.4) is 0 Å². The van der Waals surface area contributed by atoms with Crippen molar-refractivity contribution in [2.45, 2.75) is 148 Å². The van der Waals surface area contributed by atoms with E-state index >= 15 is 0 Å². The third kappa shape index (κ3) is 40.4. The quantitative estimate of drug-likeness (QED) is 0.0273. The highest BCUT2D eigenvalue weighted by molar-refractivity contribution is 7.47. The summed E-state index contributed by atoms with van der Waals surface area (Å²) < 4.78 is 32.7. The van der Waals surface area contributed by atoms with Crippen LogP contribution < -0.4 is 5.73 Å². The van der Waals surface area contributed by atoms with E-state index in [4.69, 9.17) is 24.3 Å². The number of phosphoric acid groups is 1. The summed E-state index contributed by atoms with van der Waals surface area (Å²) >= 11 is 0. The molecule has 0 spiro atoms. The van der Waals surface area contributed by atoms with Gasteiger partial charge in [0.15, 0.2) is 6.10 Å². The topological polar surface area (TPSA) is 134 Å². The first kappa shape index (κ1) is 51.9. The van der Waals surface area contributed by atoms with Gasteiger partial charge >= 0.3 is 19.8 Å². The molecule has 0 aromatic heterocycles. The number of ether oxygens (including phenoxy) is 2. The SMILES string of the molecule is CC/C=C\C/C=C\C/C=C\C/C=C\C/C=C\CCCCCC(=O)O[C@H](COC(=O)CCCC/C=C\C/C=C\C/C=C\CCCCC)COP(=O)(O)OCCN. The van der Waals surface area contributed by atoms with Gasteiger partial charge < -0.3 is 20.1 Å². The fraction of sp³-hybridized carbons (Fsp3) is 0.600. The van der Waals surface area contributed by atoms with Crippen molar-refractivity contribution in [3.8, 4) is 0 Å². The molecule has 0 aliphatic heterocycles. The van der Waals surface area contributed by atoms with Crippen LogP contribution in [0.4, 0.5) is 0 Å². The van der Waals surface area contributed by atoms with E-state index in [-0.39, 0.29) is 32.6 Å². The van der Waals surface area contributed by atoms with E-state index in [0.29, 0.717) is 12.8 Å². The van der Waals surface area contributed by atoms with Crippen LogP contribution in [0.25, 0.3) is 0 Å². The van der Waals surface area contributed by atoms with Crippen LogP contribution >= 0.6 is 7.82 Å². The predicted octanol–water partition coefficient (Wildman–Crippen LogP) is 11.8. The average Bonchev–Trinajstić information content (AvgIpc) is 3.17. The van der Waals surface area contributed by atoms with Gasteiger partial charge in [0.05, 0.1) is 13.2 Å². The monoisotopic (exact) mass is 788 g/mol. The fourth-order valence-electron chi connectivity index (χ4n) is 4.90. The van der Waals surface area contributed by atoms with E-state index in [1.165, 1.54) is 19.3 Å². The molecule has 0 bridgehead atoms. The number of allylic oxidation sites excluding steroid dienone is 16. The molecule has 0 amide bonds. The van der Waals surface area contributed by atoms with Crippen LogP contribution in [0, 0.1) is 0 Å². The number of rotatable bonds is 37. The lowest BCUT2D eigenvalue weighted by molar-refractivity contribution is -0.161. The van der Waals surface area contributed by atoms with Crippen LogP contribution in [-0.4, -0.2) is 49.3 Å². The Bertz CT molecular complexity index is 1220. The number of hydrogen-bond donors (Lipinski definition) is 2. The number of hydrogen-bond acceptors (Lipinski definition) is 8. The van der Waals surface area contributed by atoms with E-state index in [0.717, 1.165) is 83.5 Å². The highest BCUT2D eigenvalue weighted by Gasteiger charge is 2.25. The van der Waals surface area contributed by atoms with Crippen molar-refractivity contribution in [3.63, 3.8) is 0 Å². The Morgan fingerprint density at radius 1 is 0.564 bits per heavy atom. The molecular formula is C45H74NO8P. The Balaban J connectivity index is 4.34. The Labute approximate surface area is 334 Å². The molecule has 3 N–H and O–H groups in total. The molecule has 1 unspecified atom stereocenters. The van der Waals surface area contributed by atoms with Crippen LogP contribution in [0.2, 0.25) is 0 Å². The van der Waals surface area contributed by atoms with Crippen LogP contribution in [0.5, 0.6) is 0 Å². The fourth-order valence-corrected chi connectivity index (χ4v) is 5.67. The summed E-state index contributed by atoms with van der Waals surface area (Å²) in [6, 6.07) is 0. The molecule has 0 aromatic carbocycles. The van der Waals surface area contributed by atoms with Crippen molar-refractivity contribution in [2.24, 2.45) is 5.73 Å². The van der Waals surface area contributed by atoms with Crippen LogP contribution in [0.15, 0.2) is 97.2 Å². The standard InChI is InChI=1S/C45H74NO8P/c1-3-5-7-9-11-13-15-17-19-20-21-22-24-26-28-30-32-34-36-38-45(48)54-43(42-53-55(49,50)52-40-39-46)41-51-44(47)37-35-33-31-29-27-25-23-18-16-14-12-10-8-6-4-2/h5,7,11-14,17-19,21-23,26-29,43H,3-4,6,8-10,15-16,20,24-25,30-42,46H2,1-2H3,(H,49,50)/b7-5-,13-11-,14-12-,19-17-,22-21-,23-18-,28-26-,29-27-/t43-/m1/s1. The van der Waals surface area contributed by atoms with Crippen LogP contribution in [0.1, 0.15) is 142 Å². The van der Waals surface area contributed by atoms with Gasteiger partial charge in [-0.2, -0.15) is 0 Å². The second-order valence-corrected chi connectivity index (χ2v) is 14.6. The molecule has 0 radical (unpaired) electrons. The number of esters is 2. The summed E-state index contributed by atoms with van der Waals surface area (Å²) in [7, 11) is -4.40. The van der Waals surface area contributed by atoms with Gasteiger partial charge in [0, 0.05) is 19.4 Å². The van der Waals surface area contributed by atoms with Gasteiger partial charge in [0.25, 0.3) is 0 Å². The van der Waals surface area contributed by atoms with Crippen molar-refractivity contribution in [2.75, 3.05) is 26.4 Å². The van der Waals surface area contributed by atoms with E-state index in [9.17, 15) is 19.0 Å². The summed E-state index contributed by atoms with van der Waals surface area (Å²) in [5.41, 5.74) is 5.34. The molecule has 312 valence electrons.